The fraction of sp³-hybridized carbons (Fsp3) is 0.647. The van der Waals surface area contributed by atoms with E-state index in [0.717, 1.165) is 18.3 Å². The Hall–Kier alpha value is -0.820. The molecule has 0 aromatic carbocycles. The van der Waals surface area contributed by atoms with E-state index in [1.165, 1.54) is 48.8 Å². The summed E-state index contributed by atoms with van der Waals surface area (Å²) < 4.78 is 0. The highest BCUT2D eigenvalue weighted by molar-refractivity contribution is 5.41. The van der Waals surface area contributed by atoms with Crippen molar-refractivity contribution in [3.8, 4) is 0 Å². The molecule has 0 aromatic rings. The maximum atomic E-state index is 9.36. The molecule has 0 saturated heterocycles. The van der Waals surface area contributed by atoms with Gasteiger partial charge in [-0.25, -0.2) is 0 Å². The lowest BCUT2D eigenvalue weighted by atomic mass is 10.00. The van der Waals surface area contributed by atoms with Crippen molar-refractivity contribution in [1.82, 2.24) is 0 Å². The van der Waals surface area contributed by atoms with E-state index in [-0.39, 0.29) is 6.61 Å². The average molecular weight is 246 g/mol. The minimum Gasteiger partial charge on any atom is -0.392 e. The van der Waals surface area contributed by atoms with Crippen LogP contribution in [0.25, 0.3) is 0 Å². The number of aliphatic hydroxyl groups excluding tert-OH is 1. The van der Waals surface area contributed by atoms with Gasteiger partial charge in [0.2, 0.25) is 0 Å². The molecule has 0 heterocycles. The lowest BCUT2D eigenvalue weighted by Gasteiger charge is -2.06. The van der Waals surface area contributed by atoms with Crippen molar-refractivity contribution in [2.24, 2.45) is 11.8 Å². The fourth-order valence-corrected chi connectivity index (χ4v) is 2.95. The van der Waals surface area contributed by atoms with Crippen LogP contribution in [0.1, 0.15) is 52.4 Å². The molecular weight excluding hydrogens is 220 g/mol. The Morgan fingerprint density at radius 1 is 1.28 bits per heavy atom. The Kier molecular flexibility index (Phi) is 4.82. The Bertz CT molecular complexity index is 369. The minimum atomic E-state index is 0.209. The van der Waals surface area contributed by atoms with Gasteiger partial charge in [0.15, 0.2) is 0 Å². The first kappa shape index (κ1) is 13.6. The summed E-state index contributed by atoms with van der Waals surface area (Å²) in [7, 11) is 0. The summed E-state index contributed by atoms with van der Waals surface area (Å²) in [4.78, 5) is 0. The molecule has 2 fully saturated rings. The van der Waals surface area contributed by atoms with Crippen LogP contribution in [0.5, 0.6) is 0 Å². The number of rotatable bonds is 5. The third-order valence-electron chi connectivity index (χ3n) is 4.17. The standard InChI is InChI=1S/C17H26O/c1-3-4-5-6-16-10-15(9-14-7-8-14)11-17(16)13(2)12-18/h4-6,14-15,18H,3,7-12H2,1-2H3/b5-4+,16-6-,17-13+. The fourth-order valence-electron chi connectivity index (χ4n) is 2.95. The molecular formula is C17H26O. The molecule has 100 valence electrons. The smallest absolute Gasteiger partial charge is 0.0644 e. The summed E-state index contributed by atoms with van der Waals surface area (Å²) in [6, 6.07) is 0. The van der Waals surface area contributed by atoms with Gasteiger partial charge in [-0.05, 0) is 61.2 Å². The molecule has 0 bridgehead atoms. The summed E-state index contributed by atoms with van der Waals surface area (Å²) in [5.41, 5.74) is 4.07. The molecule has 1 nitrogen and oxygen atoms in total. The van der Waals surface area contributed by atoms with Crippen LogP contribution in [0.2, 0.25) is 0 Å². The highest BCUT2D eigenvalue weighted by Crippen LogP contribution is 2.45. The van der Waals surface area contributed by atoms with Crippen molar-refractivity contribution in [1.29, 1.82) is 0 Å². The van der Waals surface area contributed by atoms with Crippen LogP contribution in [0.4, 0.5) is 0 Å². The first-order chi connectivity index (χ1) is 8.74. The van der Waals surface area contributed by atoms with Gasteiger partial charge >= 0.3 is 0 Å². The van der Waals surface area contributed by atoms with Gasteiger partial charge in [0.05, 0.1) is 6.61 Å². The van der Waals surface area contributed by atoms with Crippen molar-refractivity contribution < 1.29 is 5.11 Å². The molecule has 1 unspecified atom stereocenters. The zero-order valence-corrected chi connectivity index (χ0v) is 11.8. The highest BCUT2D eigenvalue weighted by atomic mass is 16.3. The molecule has 0 radical (unpaired) electrons. The van der Waals surface area contributed by atoms with Crippen LogP contribution < -0.4 is 0 Å². The van der Waals surface area contributed by atoms with Crippen LogP contribution in [0.15, 0.2) is 34.9 Å². The molecule has 2 aliphatic rings. The Labute approximate surface area is 111 Å². The van der Waals surface area contributed by atoms with Crippen molar-refractivity contribution in [3.05, 3.63) is 34.9 Å². The van der Waals surface area contributed by atoms with E-state index in [2.05, 4.69) is 32.1 Å². The molecule has 2 rings (SSSR count). The van der Waals surface area contributed by atoms with Gasteiger partial charge in [-0.1, -0.05) is 38.0 Å². The third-order valence-corrected chi connectivity index (χ3v) is 4.17. The Morgan fingerprint density at radius 2 is 2.06 bits per heavy atom. The predicted octanol–water partition coefficient (Wildman–Crippen LogP) is 4.40. The van der Waals surface area contributed by atoms with Gasteiger partial charge in [0.1, 0.15) is 0 Å². The summed E-state index contributed by atoms with van der Waals surface area (Å²) in [6.45, 7) is 4.45. The monoisotopic (exact) mass is 246 g/mol. The minimum absolute atomic E-state index is 0.209. The largest absolute Gasteiger partial charge is 0.392 e. The summed E-state index contributed by atoms with van der Waals surface area (Å²) in [5.74, 6) is 1.84. The number of allylic oxidation sites excluding steroid dienone is 5. The topological polar surface area (TPSA) is 20.2 Å². The van der Waals surface area contributed by atoms with E-state index >= 15 is 0 Å². The van der Waals surface area contributed by atoms with E-state index in [9.17, 15) is 5.11 Å². The van der Waals surface area contributed by atoms with Crippen molar-refractivity contribution >= 4 is 0 Å². The zero-order valence-electron chi connectivity index (χ0n) is 11.8. The van der Waals surface area contributed by atoms with Gasteiger partial charge in [-0.15, -0.1) is 0 Å². The lowest BCUT2D eigenvalue weighted by Crippen LogP contribution is -1.95. The Balaban J connectivity index is 2.08. The van der Waals surface area contributed by atoms with E-state index in [0.29, 0.717) is 0 Å². The van der Waals surface area contributed by atoms with Crippen molar-refractivity contribution in [2.75, 3.05) is 6.61 Å². The van der Waals surface area contributed by atoms with Gasteiger partial charge < -0.3 is 5.11 Å². The zero-order chi connectivity index (χ0) is 13.0. The molecule has 0 aliphatic heterocycles. The van der Waals surface area contributed by atoms with Crippen LogP contribution in [-0.4, -0.2) is 11.7 Å². The van der Waals surface area contributed by atoms with Crippen LogP contribution >= 0.6 is 0 Å². The third kappa shape index (κ3) is 3.58. The van der Waals surface area contributed by atoms with Crippen LogP contribution in [-0.2, 0) is 0 Å². The van der Waals surface area contributed by atoms with Crippen molar-refractivity contribution in [3.63, 3.8) is 0 Å². The maximum absolute atomic E-state index is 9.36. The highest BCUT2D eigenvalue weighted by Gasteiger charge is 2.31. The normalized spacial score (nSPS) is 29.5. The van der Waals surface area contributed by atoms with Crippen LogP contribution in [0, 0.1) is 11.8 Å². The van der Waals surface area contributed by atoms with Crippen LogP contribution in [0.3, 0.4) is 0 Å². The van der Waals surface area contributed by atoms with Gasteiger partial charge in [-0.3, -0.25) is 0 Å². The predicted molar refractivity (Wildman–Crippen MR) is 77.4 cm³/mol. The Morgan fingerprint density at radius 3 is 2.67 bits per heavy atom. The molecule has 0 amide bonds. The second-order valence-corrected chi connectivity index (χ2v) is 5.90. The molecule has 18 heavy (non-hydrogen) atoms. The van der Waals surface area contributed by atoms with E-state index < -0.39 is 0 Å². The molecule has 0 spiro atoms. The lowest BCUT2D eigenvalue weighted by molar-refractivity contribution is 0.330. The summed E-state index contributed by atoms with van der Waals surface area (Å²) in [6.07, 6.45) is 14.4. The molecule has 1 N–H and O–H groups in total. The second-order valence-electron chi connectivity index (χ2n) is 5.90. The number of hydrogen-bond acceptors (Lipinski definition) is 1. The molecule has 2 saturated carbocycles. The van der Waals surface area contributed by atoms with E-state index in [1.54, 1.807) is 0 Å². The van der Waals surface area contributed by atoms with Gasteiger partial charge in [0, 0.05) is 0 Å². The van der Waals surface area contributed by atoms with E-state index in [1.807, 2.05) is 0 Å². The number of hydrogen-bond donors (Lipinski definition) is 1. The average Bonchev–Trinajstić information content (AvgIpc) is 3.09. The van der Waals surface area contributed by atoms with Crippen molar-refractivity contribution in [2.45, 2.75) is 52.4 Å². The first-order valence-electron chi connectivity index (χ1n) is 7.40. The first-order valence-corrected chi connectivity index (χ1v) is 7.40. The summed E-state index contributed by atoms with van der Waals surface area (Å²) in [5, 5.41) is 9.36. The number of aliphatic hydroxyl groups is 1. The quantitative estimate of drug-likeness (QED) is 0.762. The molecule has 1 heteroatoms. The van der Waals surface area contributed by atoms with Gasteiger partial charge in [0.25, 0.3) is 0 Å². The maximum Gasteiger partial charge on any atom is 0.0644 e. The molecule has 0 aromatic heterocycles. The SMILES string of the molecule is CC/C=C/C=C1/CC(CC2CC2)C/C1=C(/C)CO. The van der Waals surface area contributed by atoms with E-state index in [4.69, 9.17) is 0 Å². The molecule has 2 aliphatic carbocycles. The van der Waals surface area contributed by atoms with Gasteiger partial charge in [-0.2, -0.15) is 0 Å². The summed E-state index contributed by atoms with van der Waals surface area (Å²) >= 11 is 0. The molecule has 1 atom stereocenters. The second kappa shape index (κ2) is 6.38.